The van der Waals surface area contributed by atoms with E-state index in [9.17, 15) is 5.11 Å². The third kappa shape index (κ3) is 4.85. The minimum atomic E-state index is -1.09. The quantitative estimate of drug-likeness (QED) is 0.400. The second kappa shape index (κ2) is 9.04. The fraction of sp³-hybridized carbons (Fsp3) is 0.565. The highest BCUT2D eigenvalue weighted by atomic mass is 28.3. The molecule has 1 fully saturated rings. The largest absolute Gasteiger partial charge is 0.388 e. The number of aromatic nitrogens is 4. The van der Waals surface area contributed by atoms with Crippen LogP contribution in [0.15, 0.2) is 36.9 Å². The average Bonchev–Trinajstić information content (AvgIpc) is 3.38. The Bertz CT molecular complexity index is 969. The van der Waals surface area contributed by atoms with Crippen LogP contribution in [0.3, 0.4) is 0 Å². The standard InChI is InChI=1S/C23H34N4O2Si/c1-30(2,3)14-13-29-17-26-12-10-20-21(9-11-24-23(20)26)27-16-19(15-25-27)22(28)18-7-5-4-6-8-18/h9-12,15-16,18,22,28H,4-8,13-14,17H2,1-3H3. The van der Waals surface area contributed by atoms with Gasteiger partial charge in [0.25, 0.3) is 0 Å². The van der Waals surface area contributed by atoms with Gasteiger partial charge in [0.15, 0.2) is 0 Å². The van der Waals surface area contributed by atoms with Crippen LogP contribution in [0.2, 0.25) is 25.7 Å². The van der Waals surface area contributed by atoms with Crippen LogP contribution in [0.25, 0.3) is 16.7 Å². The molecule has 0 aromatic carbocycles. The maximum Gasteiger partial charge on any atom is 0.143 e. The summed E-state index contributed by atoms with van der Waals surface area (Å²) in [4.78, 5) is 4.57. The zero-order valence-electron chi connectivity index (χ0n) is 18.4. The van der Waals surface area contributed by atoms with Crippen molar-refractivity contribution < 1.29 is 9.84 Å². The molecule has 0 saturated heterocycles. The summed E-state index contributed by atoms with van der Waals surface area (Å²) in [6.07, 6.45) is 13.1. The van der Waals surface area contributed by atoms with Gasteiger partial charge < -0.3 is 14.4 Å². The molecule has 1 atom stereocenters. The third-order valence-electron chi connectivity index (χ3n) is 6.15. The van der Waals surface area contributed by atoms with Crippen LogP contribution < -0.4 is 0 Å². The number of aliphatic hydroxyl groups is 1. The molecule has 162 valence electrons. The molecule has 7 heteroatoms. The van der Waals surface area contributed by atoms with Gasteiger partial charge in [0.1, 0.15) is 12.4 Å². The highest BCUT2D eigenvalue weighted by Crippen LogP contribution is 2.34. The van der Waals surface area contributed by atoms with Gasteiger partial charge in [-0.2, -0.15) is 5.10 Å². The molecule has 0 radical (unpaired) electrons. The summed E-state index contributed by atoms with van der Waals surface area (Å²) >= 11 is 0. The topological polar surface area (TPSA) is 65.1 Å². The van der Waals surface area contributed by atoms with Gasteiger partial charge in [-0.3, -0.25) is 0 Å². The number of fused-ring (bicyclic) bond motifs is 1. The molecule has 1 aliphatic carbocycles. The molecule has 0 amide bonds. The van der Waals surface area contributed by atoms with Crippen molar-refractivity contribution >= 4 is 19.1 Å². The van der Waals surface area contributed by atoms with Crippen LogP contribution >= 0.6 is 0 Å². The summed E-state index contributed by atoms with van der Waals surface area (Å²) in [5, 5.41) is 16.4. The Morgan fingerprint density at radius 2 is 2.00 bits per heavy atom. The zero-order valence-corrected chi connectivity index (χ0v) is 19.4. The van der Waals surface area contributed by atoms with Crippen molar-refractivity contribution in [3.63, 3.8) is 0 Å². The van der Waals surface area contributed by atoms with Gasteiger partial charge in [-0.1, -0.05) is 38.9 Å². The molecule has 1 saturated carbocycles. The minimum Gasteiger partial charge on any atom is -0.388 e. The normalized spacial score (nSPS) is 16.9. The molecule has 6 nitrogen and oxygen atoms in total. The van der Waals surface area contributed by atoms with E-state index in [4.69, 9.17) is 4.74 Å². The summed E-state index contributed by atoms with van der Waals surface area (Å²) in [7, 11) is -1.09. The van der Waals surface area contributed by atoms with Gasteiger partial charge in [0.05, 0.1) is 18.0 Å². The van der Waals surface area contributed by atoms with E-state index in [1.165, 1.54) is 19.3 Å². The molecular weight excluding hydrogens is 392 g/mol. The summed E-state index contributed by atoms with van der Waals surface area (Å²) < 4.78 is 9.82. The maximum atomic E-state index is 10.8. The Labute approximate surface area is 179 Å². The fourth-order valence-electron chi connectivity index (χ4n) is 4.26. The lowest BCUT2D eigenvalue weighted by Gasteiger charge is -2.25. The first-order chi connectivity index (χ1) is 14.4. The number of ether oxygens (including phenoxy) is 1. The van der Waals surface area contributed by atoms with Gasteiger partial charge in [-0.25, -0.2) is 9.67 Å². The molecular formula is C23H34N4O2Si. The van der Waals surface area contributed by atoms with E-state index < -0.39 is 14.2 Å². The second-order valence-electron chi connectivity index (χ2n) is 9.76. The van der Waals surface area contributed by atoms with Gasteiger partial charge >= 0.3 is 0 Å². The molecule has 3 aromatic heterocycles. The smallest absolute Gasteiger partial charge is 0.143 e. The maximum absolute atomic E-state index is 10.8. The Balaban J connectivity index is 1.50. The van der Waals surface area contributed by atoms with Crippen molar-refractivity contribution in [2.24, 2.45) is 5.92 Å². The molecule has 1 aliphatic rings. The van der Waals surface area contributed by atoms with Gasteiger partial charge in [-0.05, 0) is 36.9 Å². The number of pyridine rings is 1. The van der Waals surface area contributed by atoms with Crippen LogP contribution in [0.5, 0.6) is 0 Å². The molecule has 3 aromatic rings. The SMILES string of the molecule is C[Si](C)(C)CCOCn1ccc2c(-n3cc(C(O)C4CCCCC4)cn3)ccnc21. The van der Waals surface area contributed by atoms with Gasteiger partial charge in [-0.15, -0.1) is 0 Å². The number of nitrogens with zero attached hydrogens (tertiary/aromatic N) is 4. The van der Waals surface area contributed by atoms with Crippen molar-refractivity contribution in [3.05, 3.63) is 42.5 Å². The lowest BCUT2D eigenvalue weighted by Crippen LogP contribution is -2.22. The molecule has 1 unspecified atom stereocenters. The van der Waals surface area contributed by atoms with Crippen LogP contribution in [0, 0.1) is 5.92 Å². The van der Waals surface area contributed by atoms with E-state index in [2.05, 4.69) is 35.8 Å². The Hall–Kier alpha value is -1.96. The Kier molecular flexibility index (Phi) is 6.41. The van der Waals surface area contributed by atoms with E-state index in [1.807, 2.05) is 40.1 Å². The molecule has 4 rings (SSSR count). The summed E-state index contributed by atoms with van der Waals surface area (Å²) in [6.45, 7) is 8.38. The number of hydrogen-bond acceptors (Lipinski definition) is 4. The molecule has 30 heavy (non-hydrogen) atoms. The van der Waals surface area contributed by atoms with Crippen LogP contribution in [0.4, 0.5) is 0 Å². The van der Waals surface area contributed by atoms with E-state index >= 15 is 0 Å². The highest BCUT2D eigenvalue weighted by Gasteiger charge is 2.24. The lowest BCUT2D eigenvalue weighted by molar-refractivity contribution is 0.0848. The van der Waals surface area contributed by atoms with Crippen molar-refractivity contribution in [1.82, 2.24) is 19.3 Å². The third-order valence-corrected chi connectivity index (χ3v) is 7.86. The Morgan fingerprint density at radius 1 is 1.20 bits per heavy atom. The highest BCUT2D eigenvalue weighted by molar-refractivity contribution is 6.76. The zero-order chi connectivity index (χ0) is 21.1. The van der Waals surface area contributed by atoms with Crippen molar-refractivity contribution in [3.8, 4) is 5.69 Å². The van der Waals surface area contributed by atoms with Crippen molar-refractivity contribution in [2.45, 2.75) is 70.6 Å². The first-order valence-electron chi connectivity index (χ1n) is 11.2. The summed E-state index contributed by atoms with van der Waals surface area (Å²) in [5.74, 6) is 0.350. The van der Waals surface area contributed by atoms with E-state index in [0.29, 0.717) is 12.6 Å². The minimum absolute atomic E-state index is 0.350. The monoisotopic (exact) mass is 426 g/mol. The first-order valence-corrected chi connectivity index (χ1v) is 14.9. The fourth-order valence-corrected chi connectivity index (χ4v) is 5.02. The molecule has 0 bridgehead atoms. The predicted molar refractivity (Wildman–Crippen MR) is 122 cm³/mol. The average molecular weight is 427 g/mol. The van der Waals surface area contributed by atoms with E-state index in [0.717, 1.165) is 47.8 Å². The van der Waals surface area contributed by atoms with Crippen LogP contribution in [-0.2, 0) is 11.5 Å². The molecule has 1 N–H and O–H groups in total. The predicted octanol–water partition coefficient (Wildman–Crippen LogP) is 5.15. The van der Waals surface area contributed by atoms with Crippen LogP contribution in [-0.4, -0.2) is 39.1 Å². The Morgan fingerprint density at radius 3 is 2.77 bits per heavy atom. The number of aliphatic hydroxyl groups excluding tert-OH is 1. The molecule has 0 aliphatic heterocycles. The number of rotatable bonds is 8. The summed E-state index contributed by atoms with van der Waals surface area (Å²) in [6, 6.07) is 5.20. The molecule has 3 heterocycles. The van der Waals surface area contributed by atoms with Crippen LogP contribution in [0.1, 0.15) is 43.8 Å². The van der Waals surface area contributed by atoms with Gasteiger partial charge in [0.2, 0.25) is 0 Å². The van der Waals surface area contributed by atoms with Gasteiger partial charge in [0, 0.05) is 44.2 Å². The van der Waals surface area contributed by atoms with E-state index in [-0.39, 0.29) is 0 Å². The lowest BCUT2D eigenvalue weighted by atomic mass is 9.83. The van der Waals surface area contributed by atoms with E-state index in [1.54, 1.807) is 0 Å². The summed E-state index contributed by atoms with van der Waals surface area (Å²) in [5.41, 5.74) is 2.77. The van der Waals surface area contributed by atoms with Crippen molar-refractivity contribution in [1.29, 1.82) is 0 Å². The second-order valence-corrected chi connectivity index (χ2v) is 15.4. The molecule has 0 spiro atoms. The first kappa shape index (κ1) is 21.3. The van der Waals surface area contributed by atoms with Crippen molar-refractivity contribution in [2.75, 3.05) is 6.61 Å². The number of hydrogen-bond donors (Lipinski definition) is 1.